The first-order chi connectivity index (χ1) is 11.0. The summed E-state index contributed by atoms with van der Waals surface area (Å²) < 4.78 is 0. The van der Waals surface area contributed by atoms with Crippen molar-refractivity contribution in [1.29, 1.82) is 0 Å². The van der Waals surface area contributed by atoms with Crippen molar-refractivity contribution >= 4 is 35.8 Å². The Kier molecular flexibility index (Phi) is 8.80. The minimum Gasteiger partial charge on any atom is -0.357 e. The third kappa shape index (κ3) is 7.23. The summed E-state index contributed by atoms with van der Waals surface area (Å²) in [7, 11) is 1.79. The molecule has 2 heterocycles. The molecule has 0 unspecified atom stereocenters. The van der Waals surface area contributed by atoms with Gasteiger partial charge in [-0.15, -0.1) is 24.0 Å². The Morgan fingerprint density at radius 3 is 2.33 bits per heavy atom. The first-order valence-corrected chi connectivity index (χ1v) is 8.67. The molecule has 1 aromatic rings. The maximum atomic E-state index is 4.65. The van der Waals surface area contributed by atoms with E-state index in [1.54, 1.807) is 7.05 Å². The summed E-state index contributed by atoms with van der Waals surface area (Å²) >= 11 is 0. The lowest BCUT2D eigenvalue weighted by atomic mass is 10.1. The van der Waals surface area contributed by atoms with Crippen LogP contribution in [0.15, 0.2) is 23.3 Å². The van der Waals surface area contributed by atoms with Gasteiger partial charge in [0.15, 0.2) is 5.96 Å². The third-order valence-electron chi connectivity index (χ3n) is 3.92. The molecule has 0 radical (unpaired) electrons. The fourth-order valence-electron chi connectivity index (χ4n) is 2.73. The summed E-state index contributed by atoms with van der Waals surface area (Å²) in [4.78, 5) is 11.3. The first kappa shape index (κ1) is 21.0. The van der Waals surface area contributed by atoms with Gasteiger partial charge in [-0.2, -0.15) is 0 Å². The van der Waals surface area contributed by atoms with E-state index in [1.807, 2.05) is 6.20 Å². The van der Waals surface area contributed by atoms with E-state index in [4.69, 9.17) is 0 Å². The van der Waals surface area contributed by atoms with Crippen LogP contribution in [0.1, 0.15) is 52.0 Å². The smallest absolute Gasteiger partial charge is 0.191 e. The maximum Gasteiger partial charge on any atom is 0.191 e. The number of halogens is 1. The second-order valence-corrected chi connectivity index (χ2v) is 7.23. The number of hydrogen-bond acceptors (Lipinski definition) is 3. The van der Waals surface area contributed by atoms with Crippen molar-refractivity contribution in [2.45, 2.75) is 58.5 Å². The van der Waals surface area contributed by atoms with Crippen LogP contribution in [0.25, 0.3) is 0 Å². The van der Waals surface area contributed by atoms with Gasteiger partial charge in [0.2, 0.25) is 0 Å². The highest BCUT2D eigenvalue weighted by Crippen LogP contribution is 2.17. The minimum absolute atomic E-state index is 0. The normalized spacial score (nSPS) is 16.2. The molecular formula is C18H32IN5. The van der Waals surface area contributed by atoms with Crippen molar-refractivity contribution in [2.24, 2.45) is 4.99 Å². The maximum absolute atomic E-state index is 4.65. The Balaban J connectivity index is 0.00000288. The molecule has 1 saturated heterocycles. The summed E-state index contributed by atoms with van der Waals surface area (Å²) in [5.41, 5.74) is 1.16. The average Bonchev–Trinajstić information content (AvgIpc) is 2.80. The van der Waals surface area contributed by atoms with Crippen molar-refractivity contribution in [2.75, 3.05) is 25.0 Å². The molecule has 1 aliphatic rings. The molecular weight excluding hydrogens is 413 g/mol. The molecule has 0 aliphatic carbocycles. The molecule has 2 rings (SSSR count). The van der Waals surface area contributed by atoms with Crippen molar-refractivity contribution < 1.29 is 0 Å². The summed E-state index contributed by atoms with van der Waals surface area (Å²) in [5.74, 6) is 1.92. The van der Waals surface area contributed by atoms with E-state index in [2.05, 4.69) is 58.4 Å². The molecule has 136 valence electrons. The zero-order chi connectivity index (χ0) is 16.7. The molecule has 2 N–H and O–H groups in total. The van der Waals surface area contributed by atoms with Gasteiger partial charge in [-0.05, 0) is 45.2 Å². The number of aromatic nitrogens is 1. The van der Waals surface area contributed by atoms with Crippen molar-refractivity contribution in [1.82, 2.24) is 15.6 Å². The monoisotopic (exact) mass is 445 g/mol. The van der Waals surface area contributed by atoms with Gasteiger partial charge in [0.05, 0.1) is 0 Å². The number of pyridine rings is 1. The quantitative estimate of drug-likeness (QED) is 0.425. The SMILES string of the molecule is CN=C(NCc1ccc(N2CCCCCC2)nc1)NC(C)(C)C.I. The number of aliphatic imine (C=N–C) groups is 1. The molecule has 1 aromatic heterocycles. The van der Waals surface area contributed by atoms with Crippen LogP contribution in [0.4, 0.5) is 5.82 Å². The van der Waals surface area contributed by atoms with Crippen LogP contribution in [0, 0.1) is 0 Å². The summed E-state index contributed by atoms with van der Waals surface area (Å²) in [6, 6.07) is 4.30. The van der Waals surface area contributed by atoms with Crippen LogP contribution in [0.3, 0.4) is 0 Å². The predicted molar refractivity (Wildman–Crippen MR) is 113 cm³/mol. The van der Waals surface area contributed by atoms with Gasteiger partial charge in [-0.1, -0.05) is 18.9 Å². The van der Waals surface area contributed by atoms with Gasteiger partial charge in [0.1, 0.15) is 5.82 Å². The van der Waals surface area contributed by atoms with Crippen LogP contribution in [0.5, 0.6) is 0 Å². The Labute approximate surface area is 163 Å². The van der Waals surface area contributed by atoms with Crippen molar-refractivity contribution in [3.05, 3.63) is 23.9 Å². The topological polar surface area (TPSA) is 52.6 Å². The van der Waals surface area contributed by atoms with Gasteiger partial charge in [0.25, 0.3) is 0 Å². The molecule has 0 atom stereocenters. The van der Waals surface area contributed by atoms with Crippen LogP contribution >= 0.6 is 24.0 Å². The first-order valence-electron chi connectivity index (χ1n) is 8.67. The zero-order valence-electron chi connectivity index (χ0n) is 15.4. The second kappa shape index (κ2) is 10.1. The number of nitrogens with zero attached hydrogens (tertiary/aromatic N) is 3. The van der Waals surface area contributed by atoms with E-state index >= 15 is 0 Å². The van der Waals surface area contributed by atoms with Crippen LogP contribution in [0.2, 0.25) is 0 Å². The molecule has 6 heteroatoms. The van der Waals surface area contributed by atoms with E-state index < -0.39 is 0 Å². The van der Waals surface area contributed by atoms with E-state index in [1.165, 1.54) is 31.2 Å². The fourth-order valence-corrected chi connectivity index (χ4v) is 2.73. The van der Waals surface area contributed by atoms with Crippen LogP contribution < -0.4 is 15.5 Å². The molecule has 5 nitrogen and oxygen atoms in total. The molecule has 0 aromatic carbocycles. The second-order valence-electron chi connectivity index (χ2n) is 7.23. The molecule has 1 fully saturated rings. The minimum atomic E-state index is -0.00325. The number of anilines is 1. The molecule has 0 bridgehead atoms. The highest BCUT2D eigenvalue weighted by molar-refractivity contribution is 14.0. The van der Waals surface area contributed by atoms with Gasteiger partial charge in [-0.3, -0.25) is 4.99 Å². The molecule has 24 heavy (non-hydrogen) atoms. The van der Waals surface area contributed by atoms with Crippen molar-refractivity contribution in [3.8, 4) is 0 Å². The number of guanidine groups is 1. The molecule has 1 aliphatic heterocycles. The summed E-state index contributed by atoms with van der Waals surface area (Å²) in [6.07, 6.45) is 7.22. The lowest BCUT2D eigenvalue weighted by Crippen LogP contribution is -2.47. The number of hydrogen-bond donors (Lipinski definition) is 2. The predicted octanol–water partition coefficient (Wildman–Crippen LogP) is 3.54. The van der Waals surface area contributed by atoms with Gasteiger partial charge in [0, 0.05) is 38.4 Å². The third-order valence-corrected chi connectivity index (χ3v) is 3.92. The van der Waals surface area contributed by atoms with Crippen molar-refractivity contribution in [3.63, 3.8) is 0 Å². The molecule has 0 amide bonds. The largest absolute Gasteiger partial charge is 0.357 e. The molecule has 0 saturated carbocycles. The Morgan fingerprint density at radius 2 is 1.83 bits per heavy atom. The van der Waals surface area contributed by atoms with Crippen LogP contribution in [-0.4, -0.2) is 36.6 Å². The number of rotatable bonds is 3. The lowest BCUT2D eigenvalue weighted by Gasteiger charge is -2.24. The zero-order valence-corrected chi connectivity index (χ0v) is 17.8. The highest BCUT2D eigenvalue weighted by Gasteiger charge is 2.12. The average molecular weight is 445 g/mol. The van der Waals surface area contributed by atoms with Gasteiger partial charge >= 0.3 is 0 Å². The van der Waals surface area contributed by atoms with E-state index in [0.717, 1.165) is 31.4 Å². The van der Waals surface area contributed by atoms with Gasteiger partial charge in [-0.25, -0.2) is 4.98 Å². The van der Waals surface area contributed by atoms with E-state index in [-0.39, 0.29) is 29.5 Å². The highest BCUT2D eigenvalue weighted by atomic mass is 127. The lowest BCUT2D eigenvalue weighted by molar-refractivity contribution is 0.501. The van der Waals surface area contributed by atoms with E-state index in [0.29, 0.717) is 0 Å². The van der Waals surface area contributed by atoms with E-state index in [9.17, 15) is 0 Å². The molecule has 0 spiro atoms. The number of nitrogens with one attached hydrogen (secondary N) is 2. The Hall–Kier alpha value is -1.05. The van der Waals surface area contributed by atoms with Gasteiger partial charge < -0.3 is 15.5 Å². The fraction of sp³-hybridized carbons (Fsp3) is 0.667. The Morgan fingerprint density at radius 1 is 1.17 bits per heavy atom. The summed E-state index contributed by atoms with van der Waals surface area (Å²) in [6.45, 7) is 9.36. The standard InChI is InChI=1S/C18H31N5.HI/c1-18(2,3)22-17(19-4)21-14-15-9-10-16(20-13-15)23-11-7-5-6-8-12-23;/h9-10,13H,5-8,11-12,14H2,1-4H3,(H2,19,21,22);1H. The Bertz CT molecular complexity index is 499. The summed E-state index contributed by atoms with van der Waals surface area (Å²) in [5, 5.41) is 6.69. The van der Waals surface area contributed by atoms with Crippen LogP contribution in [-0.2, 0) is 6.54 Å².